The zero-order chi connectivity index (χ0) is 17.9. The summed E-state index contributed by atoms with van der Waals surface area (Å²) in [6.45, 7) is 4.42. The number of benzene rings is 3. The molecule has 3 aromatic carbocycles. The second-order valence-corrected chi connectivity index (χ2v) is 7.62. The number of fused-ring (bicyclic) bond motifs is 4. The lowest BCUT2D eigenvalue weighted by atomic mass is 9.34. The molecule has 0 atom stereocenters. The minimum absolute atomic E-state index is 0.218. The van der Waals surface area contributed by atoms with E-state index in [9.17, 15) is 0 Å². The third-order valence-corrected chi connectivity index (χ3v) is 6.26. The smallest absolute Gasteiger partial charge is 0.234 e. The van der Waals surface area contributed by atoms with Gasteiger partial charge in [0.15, 0.2) is 0 Å². The van der Waals surface area contributed by atoms with E-state index in [4.69, 9.17) is 10.2 Å². The summed E-state index contributed by atoms with van der Waals surface area (Å²) in [4.78, 5) is 0. The van der Waals surface area contributed by atoms with Crippen LogP contribution in [0.1, 0.15) is 11.4 Å². The maximum Gasteiger partial charge on any atom is 0.252 e. The molecule has 0 spiro atoms. The quantitative estimate of drug-likeness (QED) is 0.395. The van der Waals surface area contributed by atoms with Gasteiger partial charge in [-0.2, -0.15) is 10.2 Å². The molecule has 5 aromatic rings. The second-order valence-electron chi connectivity index (χ2n) is 7.62. The van der Waals surface area contributed by atoms with Crippen LogP contribution in [0.3, 0.4) is 0 Å². The van der Waals surface area contributed by atoms with E-state index in [0.717, 1.165) is 11.4 Å². The summed E-state index contributed by atoms with van der Waals surface area (Å²) in [7, 11) is 0. The highest BCUT2D eigenvalue weighted by atomic mass is 15.3. The lowest BCUT2D eigenvalue weighted by Gasteiger charge is -2.31. The fourth-order valence-corrected chi connectivity index (χ4v) is 5.19. The topological polar surface area (TPSA) is 35.6 Å². The molecule has 2 aliphatic rings. The SMILES string of the molecule is Cc1nn2c3c(cccc13)B1c3c-2cccc3-n2nc(C)c3cccc1c32. The minimum atomic E-state index is 0.218. The van der Waals surface area contributed by atoms with Gasteiger partial charge in [0.2, 0.25) is 0 Å². The normalized spacial score (nSPS) is 13.5. The van der Waals surface area contributed by atoms with Crippen LogP contribution in [0, 0.1) is 13.8 Å². The van der Waals surface area contributed by atoms with E-state index >= 15 is 0 Å². The maximum absolute atomic E-state index is 4.89. The molecule has 126 valence electrons. The van der Waals surface area contributed by atoms with E-state index in [2.05, 4.69) is 77.8 Å². The highest BCUT2D eigenvalue weighted by molar-refractivity contribution is 7.00. The Balaban J connectivity index is 1.77. The fraction of sp³-hybridized carbons (Fsp3) is 0.0909. The second kappa shape index (κ2) is 4.31. The van der Waals surface area contributed by atoms with Crippen LogP contribution in [0.5, 0.6) is 0 Å². The van der Waals surface area contributed by atoms with E-state index in [1.165, 1.54) is 49.6 Å². The van der Waals surface area contributed by atoms with Crippen molar-refractivity contribution in [3.8, 4) is 11.4 Å². The summed E-state index contributed by atoms with van der Waals surface area (Å²) < 4.78 is 4.27. The predicted molar refractivity (Wildman–Crippen MR) is 110 cm³/mol. The van der Waals surface area contributed by atoms with Gasteiger partial charge in [-0.3, -0.25) is 0 Å². The molecule has 0 saturated carbocycles. The van der Waals surface area contributed by atoms with Gasteiger partial charge in [0.05, 0.1) is 33.8 Å². The highest BCUT2D eigenvalue weighted by Crippen LogP contribution is 2.30. The first-order valence-electron chi connectivity index (χ1n) is 9.34. The molecule has 7 rings (SSSR count). The summed E-state index contributed by atoms with van der Waals surface area (Å²) in [6, 6.07) is 19.7. The van der Waals surface area contributed by atoms with Crippen molar-refractivity contribution in [2.24, 2.45) is 0 Å². The molecule has 5 heteroatoms. The molecule has 2 aromatic heterocycles. The summed E-state index contributed by atoms with van der Waals surface area (Å²) in [5, 5.41) is 12.3. The van der Waals surface area contributed by atoms with Crippen LogP contribution in [0.2, 0.25) is 0 Å². The highest BCUT2D eigenvalue weighted by Gasteiger charge is 2.40. The Kier molecular flexibility index (Phi) is 2.21. The first kappa shape index (κ1) is 13.8. The number of hydrogen-bond acceptors (Lipinski definition) is 2. The lowest BCUT2D eigenvalue weighted by Crippen LogP contribution is -2.59. The van der Waals surface area contributed by atoms with E-state index in [-0.39, 0.29) is 6.71 Å². The number of hydrogen-bond donors (Lipinski definition) is 0. The molecule has 0 radical (unpaired) electrons. The van der Waals surface area contributed by atoms with E-state index < -0.39 is 0 Å². The van der Waals surface area contributed by atoms with E-state index in [1.807, 2.05) is 0 Å². The third kappa shape index (κ3) is 1.42. The molecule has 2 aliphatic heterocycles. The number of aryl methyl sites for hydroxylation is 2. The zero-order valence-electron chi connectivity index (χ0n) is 15.1. The first-order valence-corrected chi connectivity index (χ1v) is 9.34. The molecule has 0 bridgehead atoms. The number of aromatic nitrogens is 4. The fourth-order valence-electron chi connectivity index (χ4n) is 5.19. The molecular weight excluding hydrogens is 331 g/mol. The Morgan fingerprint density at radius 1 is 0.667 bits per heavy atom. The summed E-state index contributed by atoms with van der Waals surface area (Å²) in [6.07, 6.45) is 0. The predicted octanol–water partition coefficient (Wildman–Crippen LogP) is 2.12. The van der Waals surface area contributed by atoms with E-state index in [0.29, 0.717) is 0 Å². The maximum atomic E-state index is 4.89. The summed E-state index contributed by atoms with van der Waals surface area (Å²) in [5.41, 5.74) is 11.0. The van der Waals surface area contributed by atoms with Crippen molar-refractivity contribution in [2.45, 2.75) is 13.8 Å². The average Bonchev–Trinajstić information content (AvgIpc) is 3.21. The molecule has 4 nitrogen and oxygen atoms in total. The number of rotatable bonds is 0. The van der Waals surface area contributed by atoms with Crippen molar-refractivity contribution < 1.29 is 0 Å². The van der Waals surface area contributed by atoms with Gasteiger partial charge in [0.1, 0.15) is 0 Å². The molecule has 0 unspecified atom stereocenters. The van der Waals surface area contributed by atoms with Crippen molar-refractivity contribution in [1.82, 2.24) is 19.6 Å². The van der Waals surface area contributed by atoms with Crippen LogP contribution in [-0.4, -0.2) is 26.3 Å². The molecule has 0 N–H and O–H groups in total. The Bertz CT molecular complexity index is 1350. The van der Waals surface area contributed by atoms with Crippen LogP contribution in [0.25, 0.3) is 33.2 Å². The van der Waals surface area contributed by atoms with Gasteiger partial charge in [-0.15, -0.1) is 0 Å². The molecular formula is C22H15BN4. The van der Waals surface area contributed by atoms with Crippen LogP contribution in [0.15, 0.2) is 54.6 Å². The molecule has 0 fully saturated rings. The lowest BCUT2D eigenvalue weighted by molar-refractivity contribution is 0.871. The van der Waals surface area contributed by atoms with Gasteiger partial charge >= 0.3 is 0 Å². The molecule has 0 aliphatic carbocycles. The largest absolute Gasteiger partial charge is 0.252 e. The molecule has 0 amide bonds. The standard InChI is InChI=1S/C22H15BN4/c1-12-14-6-3-8-16-21(14)26(24-12)18-10-5-11-19-20(18)23(16)17-9-4-7-15-13(2)25-27(19)22(15)17/h3-11H,1-2H3. The van der Waals surface area contributed by atoms with Crippen molar-refractivity contribution in [2.75, 3.05) is 0 Å². The first-order chi connectivity index (χ1) is 13.2. The van der Waals surface area contributed by atoms with Crippen molar-refractivity contribution in [3.63, 3.8) is 0 Å². The summed E-state index contributed by atoms with van der Waals surface area (Å²) in [5.74, 6) is 0. The zero-order valence-corrected chi connectivity index (χ0v) is 15.1. The molecule has 4 heterocycles. The average molecular weight is 346 g/mol. The van der Waals surface area contributed by atoms with Gasteiger partial charge in [-0.25, -0.2) is 9.36 Å². The number of para-hydroxylation sites is 2. The van der Waals surface area contributed by atoms with Gasteiger partial charge < -0.3 is 0 Å². The van der Waals surface area contributed by atoms with Crippen molar-refractivity contribution in [3.05, 3.63) is 66.0 Å². The van der Waals surface area contributed by atoms with Crippen molar-refractivity contribution >= 4 is 44.9 Å². The minimum Gasteiger partial charge on any atom is -0.234 e. The van der Waals surface area contributed by atoms with Crippen LogP contribution in [-0.2, 0) is 0 Å². The third-order valence-electron chi connectivity index (χ3n) is 6.26. The monoisotopic (exact) mass is 346 g/mol. The Morgan fingerprint density at radius 3 is 1.67 bits per heavy atom. The molecule has 0 saturated heterocycles. The van der Waals surface area contributed by atoms with Crippen LogP contribution in [0.4, 0.5) is 0 Å². The van der Waals surface area contributed by atoms with Crippen LogP contribution < -0.4 is 16.4 Å². The van der Waals surface area contributed by atoms with Gasteiger partial charge in [-0.1, -0.05) is 42.5 Å². The molecule has 27 heavy (non-hydrogen) atoms. The Morgan fingerprint density at radius 2 is 1.15 bits per heavy atom. The van der Waals surface area contributed by atoms with Crippen molar-refractivity contribution in [1.29, 1.82) is 0 Å². The van der Waals surface area contributed by atoms with Crippen LogP contribution >= 0.6 is 0 Å². The Labute approximate surface area is 156 Å². The van der Waals surface area contributed by atoms with Gasteiger partial charge in [0.25, 0.3) is 6.71 Å². The Hall–Kier alpha value is -3.34. The van der Waals surface area contributed by atoms with E-state index in [1.54, 1.807) is 0 Å². The number of nitrogens with zero attached hydrogens (tertiary/aromatic N) is 4. The van der Waals surface area contributed by atoms with Gasteiger partial charge in [-0.05, 0) is 42.4 Å². The summed E-state index contributed by atoms with van der Waals surface area (Å²) >= 11 is 0. The van der Waals surface area contributed by atoms with Gasteiger partial charge in [0, 0.05) is 10.8 Å².